The van der Waals surface area contributed by atoms with E-state index in [1.807, 2.05) is 24.3 Å². The van der Waals surface area contributed by atoms with Crippen LogP contribution < -0.4 is 0 Å². The Kier molecular flexibility index (Phi) is 6.49. The first-order valence-corrected chi connectivity index (χ1v) is 11.8. The number of benzene rings is 2. The van der Waals surface area contributed by atoms with E-state index in [9.17, 15) is 17.6 Å². The molecule has 1 atom stereocenters. The number of halogens is 1. The fourth-order valence-electron chi connectivity index (χ4n) is 3.54. The fourth-order valence-corrected chi connectivity index (χ4v) is 3.84. The molecule has 11 heteroatoms. The molecule has 9 nitrogen and oxygen atoms in total. The Bertz CT molecular complexity index is 1330. The van der Waals surface area contributed by atoms with E-state index in [0.717, 1.165) is 12.0 Å². The standard InChI is InChI=1S/C23H22FN3O6S/c1-14(2)11-15-3-5-16(6-4-15)22-25-21(26-32-22)17-7-8-18(19(24)12-17)13-27-10-9-20(27)23(28)33-34(29,30)31/h3-10,12,14,20H,11,13H2,1-2H3,(H,29,30,31). The van der Waals surface area contributed by atoms with Gasteiger partial charge in [-0.05, 0) is 48.4 Å². The van der Waals surface area contributed by atoms with Gasteiger partial charge in [0.05, 0.1) is 0 Å². The third-order valence-electron chi connectivity index (χ3n) is 5.18. The minimum absolute atomic E-state index is 0.0198. The average Bonchev–Trinajstić information content (AvgIpc) is 3.21. The normalized spacial score (nSPS) is 15.4. The third kappa shape index (κ3) is 5.49. The maximum Gasteiger partial charge on any atom is 0.449 e. The molecule has 1 N–H and O–H groups in total. The molecule has 0 radical (unpaired) electrons. The van der Waals surface area contributed by atoms with Gasteiger partial charge < -0.3 is 13.6 Å². The van der Waals surface area contributed by atoms with E-state index in [4.69, 9.17) is 9.08 Å². The molecule has 1 unspecified atom stereocenters. The number of carbonyl (C=O) groups excluding carboxylic acids is 1. The van der Waals surface area contributed by atoms with Crippen molar-refractivity contribution in [3.8, 4) is 22.8 Å². The SMILES string of the molecule is CC(C)Cc1ccc(-c2nc(-c3ccc(CN4C=CC4C(=O)OS(=O)(=O)O)c(F)c3)no2)cc1. The lowest BCUT2D eigenvalue weighted by molar-refractivity contribution is -0.138. The highest BCUT2D eigenvalue weighted by Crippen LogP contribution is 2.26. The Morgan fingerprint density at radius 3 is 2.50 bits per heavy atom. The molecule has 34 heavy (non-hydrogen) atoms. The van der Waals surface area contributed by atoms with Crippen LogP contribution in [0.1, 0.15) is 25.0 Å². The molecule has 0 amide bonds. The van der Waals surface area contributed by atoms with Gasteiger partial charge in [0.15, 0.2) is 0 Å². The predicted octanol–water partition coefficient (Wildman–Crippen LogP) is 3.79. The van der Waals surface area contributed by atoms with Crippen LogP contribution in [0.2, 0.25) is 0 Å². The number of aromatic nitrogens is 2. The lowest BCUT2D eigenvalue weighted by Gasteiger charge is -2.33. The molecule has 0 fully saturated rings. The van der Waals surface area contributed by atoms with Crippen molar-refractivity contribution in [2.45, 2.75) is 32.9 Å². The van der Waals surface area contributed by atoms with Crippen LogP contribution in [0.3, 0.4) is 0 Å². The molecule has 178 valence electrons. The number of hydrogen-bond donors (Lipinski definition) is 1. The molecule has 0 saturated heterocycles. The fraction of sp³-hybridized carbons (Fsp3) is 0.261. The maximum atomic E-state index is 14.7. The van der Waals surface area contributed by atoms with Crippen molar-refractivity contribution >= 4 is 16.4 Å². The van der Waals surface area contributed by atoms with Gasteiger partial charge in [-0.1, -0.05) is 43.3 Å². The van der Waals surface area contributed by atoms with Crippen LogP contribution in [-0.4, -0.2) is 40.0 Å². The van der Waals surface area contributed by atoms with Crippen molar-refractivity contribution in [1.82, 2.24) is 15.0 Å². The summed E-state index contributed by atoms with van der Waals surface area (Å²) in [7, 11) is -4.92. The van der Waals surface area contributed by atoms with E-state index in [1.165, 1.54) is 34.9 Å². The van der Waals surface area contributed by atoms with Gasteiger partial charge >= 0.3 is 16.4 Å². The van der Waals surface area contributed by atoms with E-state index < -0.39 is 28.2 Å². The minimum atomic E-state index is -4.92. The predicted molar refractivity (Wildman–Crippen MR) is 120 cm³/mol. The highest BCUT2D eigenvalue weighted by Gasteiger charge is 2.32. The smallest absolute Gasteiger partial charge is 0.357 e. The summed E-state index contributed by atoms with van der Waals surface area (Å²) in [6.07, 6.45) is 3.83. The molecule has 0 aliphatic carbocycles. The van der Waals surface area contributed by atoms with Crippen LogP contribution >= 0.6 is 0 Å². The van der Waals surface area contributed by atoms with E-state index in [1.54, 1.807) is 6.07 Å². The Hall–Kier alpha value is -3.57. The molecule has 2 heterocycles. The summed E-state index contributed by atoms with van der Waals surface area (Å²) >= 11 is 0. The minimum Gasteiger partial charge on any atom is -0.357 e. The summed E-state index contributed by atoms with van der Waals surface area (Å²) in [6.45, 7) is 4.28. The zero-order chi connectivity index (χ0) is 24.5. The molecule has 4 rings (SSSR count). The van der Waals surface area contributed by atoms with Crippen LogP contribution in [0.5, 0.6) is 0 Å². The van der Waals surface area contributed by atoms with E-state index in [2.05, 4.69) is 28.2 Å². The monoisotopic (exact) mass is 487 g/mol. The molecule has 1 aromatic heterocycles. The molecular weight excluding hydrogens is 465 g/mol. The molecule has 0 spiro atoms. The average molecular weight is 488 g/mol. The lowest BCUT2D eigenvalue weighted by Crippen LogP contribution is -2.43. The molecule has 0 saturated carbocycles. The zero-order valence-electron chi connectivity index (χ0n) is 18.4. The van der Waals surface area contributed by atoms with Crippen molar-refractivity contribution in [3.05, 3.63) is 71.7 Å². The quantitative estimate of drug-likeness (QED) is 0.473. The summed E-state index contributed by atoms with van der Waals surface area (Å²) < 4.78 is 54.1. The van der Waals surface area contributed by atoms with Crippen molar-refractivity contribution in [2.24, 2.45) is 5.92 Å². The maximum absolute atomic E-state index is 14.7. The Balaban J connectivity index is 1.44. The number of hydrogen-bond acceptors (Lipinski definition) is 8. The summed E-state index contributed by atoms with van der Waals surface area (Å²) in [5.74, 6) is -0.651. The Labute approximate surface area is 195 Å². The van der Waals surface area contributed by atoms with E-state index >= 15 is 0 Å². The number of carbonyl (C=O) groups is 1. The van der Waals surface area contributed by atoms with Gasteiger partial charge in [-0.3, -0.25) is 4.55 Å². The molecule has 1 aliphatic heterocycles. The second kappa shape index (κ2) is 9.35. The summed E-state index contributed by atoms with van der Waals surface area (Å²) in [6, 6.07) is 11.2. The summed E-state index contributed by atoms with van der Waals surface area (Å²) in [5, 5.41) is 3.95. The molecule has 1 aliphatic rings. The van der Waals surface area contributed by atoms with Crippen LogP contribution in [0.4, 0.5) is 4.39 Å². The van der Waals surface area contributed by atoms with Gasteiger partial charge in [0, 0.05) is 23.2 Å². The third-order valence-corrected chi connectivity index (χ3v) is 5.56. The topological polar surface area (TPSA) is 123 Å². The van der Waals surface area contributed by atoms with Gasteiger partial charge in [0.25, 0.3) is 5.89 Å². The first-order chi connectivity index (χ1) is 16.1. The largest absolute Gasteiger partial charge is 0.449 e. The highest BCUT2D eigenvalue weighted by molar-refractivity contribution is 7.81. The molecule has 3 aromatic rings. The molecule has 0 bridgehead atoms. The Morgan fingerprint density at radius 2 is 1.91 bits per heavy atom. The number of rotatable bonds is 8. The first-order valence-electron chi connectivity index (χ1n) is 10.5. The van der Waals surface area contributed by atoms with Crippen LogP contribution in [0.15, 0.2) is 59.3 Å². The van der Waals surface area contributed by atoms with Gasteiger partial charge in [-0.2, -0.15) is 13.4 Å². The van der Waals surface area contributed by atoms with E-state index in [-0.39, 0.29) is 17.9 Å². The second-order valence-electron chi connectivity index (χ2n) is 8.31. The summed E-state index contributed by atoms with van der Waals surface area (Å²) in [5.41, 5.74) is 2.63. The van der Waals surface area contributed by atoms with Gasteiger partial charge in [0.2, 0.25) is 5.82 Å². The van der Waals surface area contributed by atoms with E-state index in [0.29, 0.717) is 17.4 Å². The van der Waals surface area contributed by atoms with Crippen molar-refractivity contribution < 1.29 is 30.9 Å². The van der Waals surface area contributed by atoms with Crippen LogP contribution in [0.25, 0.3) is 22.8 Å². The van der Waals surface area contributed by atoms with Crippen LogP contribution in [-0.2, 0) is 32.3 Å². The van der Waals surface area contributed by atoms with Crippen molar-refractivity contribution in [1.29, 1.82) is 0 Å². The Morgan fingerprint density at radius 1 is 1.21 bits per heavy atom. The van der Waals surface area contributed by atoms with Gasteiger partial charge in [-0.15, -0.1) is 0 Å². The first kappa shape index (κ1) is 23.6. The second-order valence-corrected chi connectivity index (χ2v) is 9.34. The van der Waals surface area contributed by atoms with Gasteiger partial charge in [0.1, 0.15) is 11.9 Å². The van der Waals surface area contributed by atoms with Crippen molar-refractivity contribution in [3.63, 3.8) is 0 Å². The lowest BCUT2D eigenvalue weighted by atomic mass is 10.0. The highest BCUT2D eigenvalue weighted by atomic mass is 32.3. The molecular formula is C23H22FN3O6S. The molecule has 2 aromatic carbocycles. The van der Waals surface area contributed by atoms with Gasteiger partial charge in [-0.25, -0.2) is 9.18 Å². The zero-order valence-corrected chi connectivity index (χ0v) is 19.2. The number of nitrogens with zero attached hydrogens (tertiary/aromatic N) is 3. The van der Waals surface area contributed by atoms with Crippen LogP contribution in [0, 0.1) is 11.7 Å². The summed E-state index contributed by atoms with van der Waals surface area (Å²) in [4.78, 5) is 17.5. The van der Waals surface area contributed by atoms with Crippen molar-refractivity contribution in [2.75, 3.05) is 0 Å².